The van der Waals surface area contributed by atoms with E-state index in [1.165, 1.54) is 0 Å². The molecule has 2 N–H and O–H groups in total. The first-order valence-electron chi connectivity index (χ1n) is 4.19. The van der Waals surface area contributed by atoms with Gasteiger partial charge in [0.1, 0.15) is 18.4 Å². The molecule has 0 aliphatic rings. The molecule has 0 saturated carbocycles. The van der Waals surface area contributed by atoms with Crippen molar-refractivity contribution in [2.75, 3.05) is 26.1 Å². The third-order valence-corrected chi connectivity index (χ3v) is 1.67. The van der Waals surface area contributed by atoms with Crippen LogP contribution in [0.2, 0.25) is 0 Å². The first-order chi connectivity index (χ1) is 6.77. The predicted molar refractivity (Wildman–Crippen MR) is 52.9 cm³/mol. The van der Waals surface area contributed by atoms with Crippen LogP contribution in [-0.2, 0) is 4.74 Å². The first-order valence-corrected chi connectivity index (χ1v) is 4.19. The Kier molecular flexibility index (Phi) is 3.77. The Morgan fingerprint density at radius 2 is 2.21 bits per heavy atom. The molecule has 14 heavy (non-hydrogen) atoms. The highest BCUT2D eigenvalue weighted by Gasteiger charge is 2.02. The highest BCUT2D eigenvalue weighted by atomic mass is 16.5. The maximum atomic E-state index is 8.76. The summed E-state index contributed by atoms with van der Waals surface area (Å²) >= 11 is 0. The van der Waals surface area contributed by atoms with Crippen molar-refractivity contribution in [3.8, 4) is 11.8 Å². The molecule has 1 aromatic carbocycles. The Bertz CT molecular complexity index is 344. The number of benzene rings is 1. The van der Waals surface area contributed by atoms with Crippen LogP contribution in [0.15, 0.2) is 18.2 Å². The molecule has 0 bridgehead atoms. The molecule has 0 unspecified atom stereocenters. The fraction of sp³-hybridized carbons (Fsp3) is 0.300. The summed E-state index contributed by atoms with van der Waals surface area (Å²) in [6.07, 6.45) is 0. The minimum atomic E-state index is 0.411. The Morgan fingerprint density at radius 3 is 2.86 bits per heavy atom. The molecule has 1 rings (SSSR count). The number of anilines is 1. The van der Waals surface area contributed by atoms with E-state index >= 15 is 0 Å². The molecular formula is C10H12N2O2. The van der Waals surface area contributed by atoms with E-state index in [0.29, 0.717) is 30.2 Å². The van der Waals surface area contributed by atoms with E-state index in [1.54, 1.807) is 25.3 Å². The highest BCUT2D eigenvalue weighted by Crippen LogP contribution is 2.20. The predicted octanol–water partition coefficient (Wildman–Crippen LogP) is 1.17. The molecule has 0 aromatic heterocycles. The van der Waals surface area contributed by atoms with Gasteiger partial charge in [0.25, 0.3) is 0 Å². The first kappa shape index (κ1) is 10.4. The molecule has 0 atom stereocenters. The molecule has 0 aliphatic carbocycles. The van der Waals surface area contributed by atoms with E-state index in [1.807, 2.05) is 6.07 Å². The largest absolute Gasteiger partial charge is 0.490 e. The van der Waals surface area contributed by atoms with E-state index in [0.717, 1.165) is 0 Å². The summed E-state index contributed by atoms with van der Waals surface area (Å²) in [5.74, 6) is 0.504. The second-order valence-corrected chi connectivity index (χ2v) is 2.71. The number of hydrogen-bond donors (Lipinski definition) is 1. The minimum Gasteiger partial charge on any atom is -0.490 e. The van der Waals surface area contributed by atoms with Crippen molar-refractivity contribution < 1.29 is 9.47 Å². The number of nitrogens with zero attached hydrogens (tertiary/aromatic N) is 1. The number of hydrogen-bond acceptors (Lipinski definition) is 4. The molecule has 0 fully saturated rings. The van der Waals surface area contributed by atoms with E-state index in [2.05, 4.69) is 0 Å². The molecule has 4 nitrogen and oxygen atoms in total. The zero-order chi connectivity index (χ0) is 10.4. The monoisotopic (exact) mass is 192 g/mol. The van der Waals surface area contributed by atoms with Crippen molar-refractivity contribution in [3.63, 3.8) is 0 Å². The van der Waals surface area contributed by atoms with Gasteiger partial charge in [-0.05, 0) is 12.1 Å². The quantitative estimate of drug-likeness (QED) is 0.574. The molecule has 0 aliphatic heterocycles. The number of ether oxygens (including phenoxy) is 2. The van der Waals surface area contributed by atoms with Gasteiger partial charge in [0.05, 0.1) is 12.2 Å². The van der Waals surface area contributed by atoms with Crippen molar-refractivity contribution in [2.24, 2.45) is 0 Å². The number of methoxy groups -OCH3 is 1. The van der Waals surface area contributed by atoms with Crippen LogP contribution in [0, 0.1) is 11.3 Å². The molecule has 0 heterocycles. The summed E-state index contributed by atoms with van der Waals surface area (Å²) in [6.45, 7) is 0.897. The summed E-state index contributed by atoms with van der Waals surface area (Å²) in [6, 6.07) is 6.97. The van der Waals surface area contributed by atoms with Crippen LogP contribution in [-0.4, -0.2) is 20.3 Å². The van der Waals surface area contributed by atoms with Crippen LogP contribution in [0.1, 0.15) is 5.56 Å². The lowest BCUT2D eigenvalue weighted by Crippen LogP contribution is -2.05. The van der Waals surface area contributed by atoms with Crippen LogP contribution in [0.4, 0.5) is 5.69 Å². The van der Waals surface area contributed by atoms with Gasteiger partial charge in [0.15, 0.2) is 0 Å². The lowest BCUT2D eigenvalue weighted by molar-refractivity contribution is 0.146. The standard InChI is InChI=1S/C10H12N2O2/c1-13-4-5-14-10-6-9(12)3-2-8(10)7-11/h2-3,6H,4-5,12H2,1H3. The fourth-order valence-corrected chi connectivity index (χ4v) is 0.986. The second-order valence-electron chi connectivity index (χ2n) is 2.71. The van der Waals surface area contributed by atoms with Crippen molar-refractivity contribution >= 4 is 5.69 Å². The normalized spacial score (nSPS) is 9.43. The van der Waals surface area contributed by atoms with Crippen molar-refractivity contribution in [2.45, 2.75) is 0 Å². The molecule has 0 saturated heterocycles. The maximum Gasteiger partial charge on any atom is 0.139 e. The van der Waals surface area contributed by atoms with Crippen LogP contribution in [0.5, 0.6) is 5.75 Å². The number of nitrogens with two attached hydrogens (primary N) is 1. The molecule has 0 spiro atoms. The Morgan fingerprint density at radius 1 is 1.43 bits per heavy atom. The highest BCUT2D eigenvalue weighted by molar-refractivity contribution is 5.52. The van der Waals surface area contributed by atoms with Gasteiger partial charge in [-0.2, -0.15) is 5.26 Å². The average molecular weight is 192 g/mol. The smallest absolute Gasteiger partial charge is 0.139 e. The second kappa shape index (κ2) is 5.10. The SMILES string of the molecule is COCCOc1cc(N)ccc1C#N. The molecule has 1 aromatic rings. The summed E-state index contributed by atoms with van der Waals surface area (Å²) in [5.41, 5.74) is 6.63. The van der Waals surface area contributed by atoms with Gasteiger partial charge in [-0.1, -0.05) is 0 Å². The molecule has 4 heteroatoms. The van der Waals surface area contributed by atoms with Gasteiger partial charge in [0, 0.05) is 18.9 Å². The lowest BCUT2D eigenvalue weighted by Gasteiger charge is -2.07. The van der Waals surface area contributed by atoms with Crippen molar-refractivity contribution in [1.29, 1.82) is 5.26 Å². The van der Waals surface area contributed by atoms with Gasteiger partial charge in [-0.25, -0.2) is 0 Å². The van der Waals surface area contributed by atoms with Crippen LogP contribution in [0.3, 0.4) is 0 Å². The Balaban J connectivity index is 2.73. The zero-order valence-electron chi connectivity index (χ0n) is 7.99. The Hall–Kier alpha value is -1.73. The van der Waals surface area contributed by atoms with Crippen LogP contribution < -0.4 is 10.5 Å². The van der Waals surface area contributed by atoms with Crippen LogP contribution >= 0.6 is 0 Å². The van der Waals surface area contributed by atoms with Crippen molar-refractivity contribution in [1.82, 2.24) is 0 Å². The fourth-order valence-electron chi connectivity index (χ4n) is 0.986. The minimum absolute atomic E-state index is 0.411. The zero-order valence-corrected chi connectivity index (χ0v) is 7.99. The van der Waals surface area contributed by atoms with Gasteiger partial charge >= 0.3 is 0 Å². The number of nitriles is 1. The lowest BCUT2D eigenvalue weighted by atomic mass is 10.2. The summed E-state index contributed by atoms with van der Waals surface area (Å²) < 4.78 is 10.1. The summed E-state index contributed by atoms with van der Waals surface area (Å²) in [4.78, 5) is 0. The third kappa shape index (κ3) is 2.64. The van der Waals surface area contributed by atoms with E-state index in [-0.39, 0.29) is 0 Å². The van der Waals surface area contributed by atoms with E-state index in [4.69, 9.17) is 20.5 Å². The summed E-state index contributed by atoms with van der Waals surface area (Å²) in [7, 11) is 1.59. The molecular weight excluding hydrogens is 180 g/mol. The van der Waals surface area contributed by atoms with Crippen molar-refractivity contribution in [3.05, 3.63) is 23.8 Å². The van der Waals surface area contributed by atoms with E-state index < -0.39 is 0 Å². The van der Waals surface area contributed by atoms with Crippen LogP contribution in [0.25, 0.3) is 0 Å². The Labute approximate surface area is 82.9 Å². The molecule has 0 radical (unpaired) electrons. The van der Waals surface area contributed by atoms with Gasteiger partial charge in [-0.3, -0.25) is 0 Å². The maximum absolute atomic E-state index is 8.76. The number of nitrogen functional groups attached to an aromatic ring is 1. The van der Waals surface area contributed by atoms with Gasteiger partial charge in [-0.15, -0.1) is 0 Å². The van der Waals surface area contributed by atoms with Gasteiger partial charge in [0.2, 0.25) is 0 Å². The third-order valence-electron chi connectivity index (χ3n) is 1.67. The molecule has 0 amide bonds. The topological polar surface area (TPSA) is 68.3 Å². The number of rotatable bonds is 4. The van der Waals surface area contributed by atoms with E-state index in [9.17, 15) is 0 Å². The average Bonchev–Trinajstić information content (AvgIpc) is 2.19. The summed E-state index contributed by atoms with van der Waals surface area (Å²) in [5, 5.41) is 8.76. The van der Waals surface area contributed by atoms with Gasteiger partial charge < -0.3 is 15.2 Å². The molecule has 74 valence electrons.